The van der Waals surface area contributed by atoms with Gasteiger partial charge in [-0.2, -0.15) is 0 Å². The smallest absolute Gasteiger partial charge is 0.261 e. The molecule has 8 nitrogen and oxygen atoms in total. The molecule has 4 rings (SSSR count). The largest absolute Gasteiger partial charge is 0.495 e. The molecule has 11 heteroatoms. The van der Waals surface area contributed by atoms with Gasteiger partial charge in [0.2, 0.25) is 11.8 Å². The third kappa shape index (κ3) is 4.46. The van der Waals surface area contributed by atoms with E-state index in [9.17, 15) is 18.0 Å². The molecule has 2 aliphatic heterocycles. The van der Waals surface area contributed by atoms with Crippen LogP contribution in [0.2, 0.25) is 5.02 Å². The van der Waals surface area contributed by atoms with E-state index in [4.69, 9.17) is 16.3 Å². The molecule has 0 spiro atoms. The standard InChI is InChI=1S/C20H20ClN3O5S2/c1-29-16-6-4-12(10-14(16)21)23-31(27,28)13-5-7-17-15(11-13)22-19(25)18(30-17)20(26)24-8-2-3-9-24/h4-7,10-11,18,23H,2-3,8-9H2,1H3,(H,22,25)/t18-/m1/s1. The predicted octanol–water partition coefficient (Wildman–Crippen LogP) is 3.18. The van der Waals surface area contributed by atoms with Gasteiger partial charge in [-0.1, -0.05) is 11.6 Å². The van der Waals surface area contributed by atoms with E-state index < -0.39 is 21.2 Å². The van der Waals surface area contributed by atoms with Gasteiger partial charge in [0.25, 0.3) is 10.0 Å². The molecule has 2 aromatic carbocycles. The normalized spacial score (nSPS) is 18.3. The van der Waals surface area contributed by atoms with Crippen molar-refractivity contribution < 1.29 is 22.7 Å². The van der Waals surface area contributed by atoms with Crippen LogP contribution < -0.4 is 14.8 Å². The van der Waals surface area contributed by atoms with Crippen LogP contribution in [0.3, 0.4) is 0 Å². The van der Waals surface area contributed by atoms with Crippen LogP contribution in [-0.2, 0) is 19.6 Å². The fourth-order valence-corrected chi connectivity index (χ4v) is 5.85. The Kier molecular flexibility index (Phi) is 6.05. The zero-order valence-electron chi connectivity index (χ0n) is 16.6. The van der Waals surface area contributed by atoms with E-state index in [0.29, 0.717) is 29.4 Å². The summed E-state index contributed by atoms with van der Waals surface area (Å²) in [6.45, 7) is 1.32. The molecule has 31 heavy (non-hydrogen) atoms. The molecule has 0 saturated carbocycles. The first-order valence-corrected chi connectivity index (χ1v) is 12.3. The molecule has 0 unspecified atom stereocenters. The average Bonchev–Trinajstić information content (AvgIpc) is 3.27. The first-order chi connectivity index (χ1) is 14.8. The van der Waals surface area contributed by atoms with E-state index in [-0.39, 0.29) is 21.5 Å². The highest BCUT2D eigenvalue weighted by molar-refractivity contribution is 8.01. The molecule has 2 amide bonds. The Labute approximate surface area is 189 Å². The van der Waals surface area contributed by atoms with Crippen LogP contribution in [0.15, 0.2) is 46.2 Å². The summed E-state index contributed by atoms with van der Waals surface area (Å²) in [4.78, 5) is 27.5. The molecule has 0 bridgehead atoms. The Morgan fingerprint density at radius 1 is 1.23 bits per heavy atom. The van der Waals surface area contributed by atoms with E-state index in [0.717, 1.165) is 24.6 Å². The second-order valence-electron chi connectivity index (χ2n) is 7.13. The second kappa shape index (κ2) is 8.60. The molecule has 1 saturated heterocycles. The van der Waals surface area contributed by atoms with Crippen LogP contribution in [0.25, 0.3) is 0 Å². The number of ether oxygens (including phenoxy) is 1. The summed E-state index contributed by atoms with van der Waals surface area (Å²) >= 11 is 7.20. The van der Waals surface area contributed by atoms with Gasteiger partial charge in [0, 0.05) is 18.0 Å². The number of nitrogens with one attached hydrogen (secondary N) is 2. The minimum absolute atomic E-state index is 0.0246. The van der Waals surface area contributed by atoms with Crippen LogP contribution in [0, 0.1) is 0 Å². The molecule has 2 N–H and O–H groups in total. The Morgan fingerprint density at radius 3 is 2.65 bits per heavy atom. The van der Waals surface area contributed by atoms with Gasteiger partial charge in [-0.25, -0.2) is 8.42 Å². The number of fused-ring (bicyclic) bond motifs is 1. The number of hydrogen-bond donors (Lipinski definition) is 2. The maximum atomic E-state index is 12.8. The lowest BCUT2D eigenvalue weighted by atomic mass is 10.2. The van der Waals surface area contributed by atoms with Gasteiger partial charge in [-0.05, 0) is 49.2 Å². The summed E-state index contributed by atoms with van der Waals surface area (Å²) in [5, 5.41) is 2.08. The number of carbonyl (C=O) groups is 2. The third-order valence-corrected chi connectivity index (χ3v) is 7.98. The van der Waals surface area contributed by atoms with Crippen molar-refractivity contribution in [1.82, 2.24) is 4.90 Å². The van der Waals surface area contributed by atoms with Gasteiger partial charge in [0.1, 0.15) is 5.75 Å². The number of anilines is 2. The topological polar surface area (TPSA) is 105 Å². The van der Waals surface area contributed by atoms with E-state index in [1.165, 1.54) is 31.4 Å². The Hall–Kier alpha value is -2.43. The molecular formula is C20H20ClN3O5S2. The predicted molar refractivity (Wildman–Crippen MR) is 119 cm³/mol. The highest BCUT2D eigenvalue weighted by Gasteiger charge is 2.37. The first-order valence-electron chi connectivity index (χ1n) is 9.55. The van der Waals surface area contributed by atoms with Crippen molar-refractivity contribution in [1.29, 1.82) is 0 Å². The van der Waals surface area contributed by atoms with Crippen molar-refractivity contribution in [3.8, 4) is 5.75 Å². The Balaban J connectivity index is 1.54. The lowest BCUT2D eigenvalue weighted by Gasteiger charge is -2.27. The zero-order chi connectivity index (χ0) is 22.2. The highest BCUT2D eigenvalue weighted by Crippen LogP contribution is 2.38. The van der Waals surface area contributed by atoms with E-state index in [2.05, 4.69) is 10.0 Å². The number of nitrogens with zero attached hydrogens (tertiary/aromatic N) is 1. The number of amides is 2. The molecule has 2 aliphatic rings. The quantitative estimate of drug-likeness (QED) is 0.635. The zero-order valence-corrected chi connectivity index (χ0v) is 18.9. The lowest BCUT2D eigenvalue weighted by molar-refractivity contribution is -0.133. The molecule has 2 heterocycles. The van der Waals surface area contributed by atoms with E-state index in [1.807, 2.05) is 0 Å². The lowest BCUT2D eigenvalue weighted by Crippen LogP contribution is -2.43. The van der Waals surface area contributed by atoms with Crippen molar-refractivity contribution in [3.05, 3.63) is 41.4 Å². The number of hydrogen-bond acceptors (Lipinski definition) is 6. The van der Waals surface area contributed by atoms with Crippen LogP contribution >= 0.6 is 23.4 Å². The Bertz CT molecular complexity index is 1150. The fourth-order valence-electron chi connectivity index (χ4n) is 3.47. The van der Waals surface area contributed by atoms with Gasteiger partial charge >= 0.3 is 0 Å². The second-order valence-corrected chi connectivity index (χ2v) is 10.4. The molecule has 1 atom stereocenters. The molecule has 0 radical (unpaired) electrons. The minimum Gasteiger partial charge on any atom is -0.495 e. The summed E-state index contributed by atoms with van der Waals surface area (Å²) in [5.41, 5.74) is 0.634. The number of sulfonamides is 1. The van der Waals surface area contributed by atoms with Crippen LogP contribution in [0.1, 0.15) is 12.8 Å². The SMILES string of the molecule is COc1ccc(NS(=O)(=O)c2ccc3c(c2)NC(=O)[C@H](C(=O)N2CCCC2)S3)cc1Cl. The number of thioether (sulfide) groups is 1. The number of rotatable bonds is 5. The van der Waals surface area contributed by atoms with Gasteiger partial charge in [-0.15, -0.1) is 11.8 Å². The van der Waals surface area contributed by atoms with Crippen molar-refractivity contribution in [2.75, 3.05) is 30.2 Å². The number of methoxy groups -OCH3 is 1. The Morgan fingerprint density at radius 2 is 1.97 bits per heavy atom. The van der Waals surface area contributed by atoms with Gasteiger partial charge in [-0.3, -0.25) is 14.3 Å². The van der Waals surface area contributed by atoms with Gasteiger partial charge in [0.05, 0.1) is 28.4 Å². The summed E-state index contributed by atoms with van der Waals surface area (Å²) < 4.78 is 33.2. The van der Waals surface area contributed by atoms with Crippen molar-refractivity contribution >= 4 is 56.6 Å². The summed E-state index contributed by atoms with van der Waals surface area (Å²) in [6, 6.07) is 8.95. The molecule has 0 aromatic heterocycles. The molecular weight excluding hydrogens is 462 g/mol. The van der Waals surface area contributed by atoms with E-state index in [1.54, 1.807) is 17.0 Å². The van der Waals surface area contributed by atoms with Crippen LogP contribution in [0.5, 0.6) is 5.75 Å². The van der Waals surface area contributed by atoms with E-state index >= 15 is 0 Å². The number of benzene rings is 2. The fraction of sp³-hybridized carbons (Fsp3) is 0.300. The molecule has 1 fully saturated rings. The summed E-state index contributed by atoms with van der Waals surface area (Å²) in [7, 11) is -2.46. The van der Waals surface area contributed by atoms with Crippen molar-refractivity contribution in [2.24, 2.45) is 0 Å². The maximum Gasteiger partial charge on any atom is 0.261 e. The van der Waals surface area contributed by atoms with Crippen LogP contribution in [-0.4, -0.2) is 50.6 Å². The maximum absolute atomic E-state index is 12.8. The number of likely N-dealkylation sites (tertiary alicyclic amines) is 1. The number of carbonyl (C=O) groups excluding carboxylic acids is 2. The molecule has 164 valence electrons. The summed E-state index contributed by atoms with van der Waals surface area (Å²) in [6.07, 6.45) is 1.88. The van der Waals surface area contributed by atoms with Gasteiger partial charge < -0.3 is 15.0 Å². The molecule has 0 aliphatic carbocycles. The summed E-state index contributed by atoms with van der Waals surface area (Å²) in [5.74, 6) is -0.226. The average molecular weight is 482 g/mol. The monoisotopic (exact) mass is 481 g/mol. The minimum atomic E-state index is -3.93. The third-order valence-electron chi connectivity index (χ3n) is 5.05. The van der Waals surface area contributed by atoms with Crippen LogP contribution in [0.4, 0.5) is 11.4 Å². The first kappa shape index (κ1) is 21.8. The van der Waals surface area contributed by atoms with Crippen molar-refractivity contribution in [2.45, 2.75) is 27.9 Å². The van der Waals surface area contributed by atoms with Gasteiger partial charge in [0.15, 0.2) is 5.25 Å². The number of halogens is 1. The molecule has 2 aromatic rings. The highest BCUT2D eigenvalue weighted by atomic mass is 35.5. The van der Waals surface area contributed by atoms with Crippen molar-refractivity contribution in [3.63, 3.8) is 0 Å².